The lowest BCUT2D eigenvalue weighted by molar-refractivity contribution is 1.78. The van der Waals surface area contributed by atoms with E-state index in [9.17, 15) is 0 Å². The van der Waals surface area contributed by atoms with Gasteiger partial charge in [-0.2, -0.15) is 0 Å². The second-order valence-corrected chi connectivity index (χ2v) is 5.53. The third-order valence-corrected chi connectivity index (χ3v) is 4.50. The van der Waals surface area contributed by atoms with Gasteiger partial charge in [-0.25, -0.2) is 0 Å². The van der Waals surface area contributed by atoms with Crippen molar-refractivity contribution in [1.82, 2.24) is 0 Å². The maximum atomic E-state index is 6.20. The van der Waals surface area contributed by atoms with Crippen molar-refractivity contribution >= 4 is 59.7 Å². The third-order valence-electron chi connectivity index (χ3n) is 2.49. The average molecular weight is 298 g/mol. The molecule has 1 heterocycles. The number of rotatable bonds is 0. The van der Waals surface area contributed by atoms with Crippen LogP contribution in [0.5, 0.6) is 0 Å². The van der Waals surface area contributed by atoms with Crippen LogP contribution in [0.4, 0.5) is 0 Å². The Hall–Kier alpha value is -0.570. The number of hydrogen-bond acceptors (Lipinski definition) is 1. The molecule has 0 N–H and O–H groups in total. The SMILES string of the molecule is Clc1csc2cc(Br)c3ccccc3c12. The Kier molecular flexibility index (Phi) is 2.23. The van der Waals surface area contributed by atoms with E-state index in [4.69, 9.17) is 11.6 Å². The zero-order chi connectivity index (χ0) is 10.4. The molecule has 3 rings (SSSR count). The molecule has 1 aromatic heterocycles. The van der Waals surface area contributed by atoms with E-state index in [1.54, 1.807) is 11.3 Å². The molecule has 0 aliphatic heterocycles. The Balaban J connectivity index is 2.67. The summed E-state index contributed by atoms with van der Waals surface area (Å²) in [5.74, 6) is 0. The fourth-order valence-electron chi connectivity index (χ4n) is 1.82. The quantitative estimate of drug-likeness (QED) is 0.516. The molecule has 74 valence electrons. The number of fused-ring (bicyclic) bond motifs is 3. The summed E-state index contributed by atoms with van der Waals surface area (Å²) in [5, 5.41) is 6.43. The number of hydrogen-bond donors (Lipinski definition) is 0. The van der Waals surface area contributed by atoms with Crippen molar-refractivity contribution in [1.29, 1.82) is 0 Å². The van der Waals surface area contributed by atoms with Gasteiger partial charge in [0, 0.05) is 19.9 Å². The molecule has 0 bridgehead atoms. The zero-order valence-corrected chi connectivity index (χ0v) is 10.8. The molecule has 0 radical (unpaired) electrons. The van der Waals surface area contributed by atoms with Crippen LogP contribution in [0.2, 0.25) is 5.02 Å². The third kappa shape index (κ3) is 1.40. The highest BCUT2D eigenvalue weighted by Crippen LogP contribution is 2.39. The van der Waals surface area contributed by atoms with E-state index in [1.165, 1.54) is 20.9 Å². The van der Waals surface area contributed by atoms with Gasteiger partial charge in [-0.05, 0) is 16.8 Å². The van der Waals surface area contributed by atoms with Gasteiger partial charge in [-0.3, -0.25) is 0 Å². The molecular formula is C12H6BrClS. The van der Waals surface area contributed by atoms with E-state index in [2.05, 4.69) is 34.1 Å². The number of benzene rings is 2. The van der Waals surface area contributed by atoms with Gasteiger partial charge in [-0.15, -0.1) is 11.3 Å². The molecule has 0 saturated carbocycles. The summed E-state index contributed by atoms with van der Waals surface area (Å²) in [6, 6.07) is 10.4. The fourth-order valence-corrected chi connectivity index (χ4v) is 3.81. The fraction of sp³-hybridized carbons (Fsp3) is 0. The molecule has 0 nitrogen and oxygen atoms in total. The van der Waals surface area contributed by atoms with Gasteiger partial charge in [0.1, 0.15) is 0 Å². The molecule has 0 aliphatic carbocycles. The highest BCUT2D eigenvalue weighted by atomic mass is 79.9. The molecule has 15 heavy (non-hydrogen) atoms. The van der Waals surface area contributed by atoms with E-state index < -0.39 is 0 Å². The minimum absolute atomic E-state index is 0.846. The van der Waals surface area contributed by atoms with Crippen molar-refractivity contribution in [3.8, 4) is 0 Å². The van der Waals surface area contributed by atoms with Crippen LogP contribution in [0.25, 0.3) is 20.9 Å². The van der Waals surface area contributed by atoms with Gasteiger partial charge in [0.05, 0.1) is 5.02 Å². The summed E-state index contributed by atoms with van der Waals surface area (Å²) in [4.78, 5) is 0. The van der Waals surface area contributed by atoms with Gasteiger partial charge < -0.3 is 0 Å². The minimum atomic E-state index is 0.846. The molecule has 0 amide bonds. The summed E-state index contributed by atoms with van der Waals surface area (Å²) in [7, 11) is 0. The largest absolute Gasteiger partial charge is 0.142 e. The molecule has 0 aliphatic rings. The first-order valence-corrected chi connectivity index (χ1v) is 6.56. The van der Waals surface area contributed by atoms with Gasteiger partial charge in [0.15, 0.2) is 0 Å². The van der Waals surface area contributed by atoms with Gasteiger partial charge in [-0.1, -0.05) is 51.8 Å². The van der Waals surface area contributed by atoms with E-state index in [1.807, 2.05) is 17.5 Å². The first kappa shape index (κ1) is 9.64. The second kappa shape index (κ2) is 3.48. The number of thiophene rings is 1. The van der Waals surface area contributed by atoms with Gasteiger partial charge in [0.2, 0.25) is 0 Å². The predicted molar refractivity (Wildman–Crippen MR) is 72.0 cm³/mol. The molecular weight excluding hydrogens is 292 g/mol. The molecule has 2 aromatic carbocycles. The van der Waals surface area contributed by atoms with Crippen LogP contribution in [0.3, 0.4) is 0 Å². The molecule has 0 atom stereocenters. The summed E-state index contributed by atoms with van der Waals surface area (Å²) in [6.07, 6.45) is 0. The summed E-state index contributed by atoms with van der Waals surface area (Å²) in [6.45, 7) is 0. The van der Waals surface area contributed by atoms with Gasteiger partial charge >= 0.3 is 0 Å². The molecule has 0 unspecified atom stereocenters. The van der Waals surface area contributed by atoms with Crippen molar-refractivity contribution in [2.24, 2.45) is 0 Å². The normalized spacial score (nSPS) is 11.3. The van der Waals surface area contributed by atoms with E-state index in [0.29, 0.717) is 0 Å². The Bertz CT molecular complexity index is 657. The van der Waals surface area contributed by atoms with Gasteiger partial charge in [0.25, 0.3) is 0 Å². The lowest BCUT2D eigenvalue weighted by atomic mass is 10.1. The number of halogens is 2. The second-order valence-electron chi connectivity index (χ2n) is 3.36. The van der Waals surface area contributed by atoms with Crippen LogP contribution < -0.4 is 0 Å². The Morgan fingerprint density at radius 1 is 1.13 bits per heavy atom. The lowest BCUT2D eigenvalue weighted by Crippen LogP contribution is -1.75. The van der Waals surface area contributed by atoms with Crippen LogP contribution in [-0.2, 0) is 0 Å². The zero-order valence-electron chi connectivity index (χ0n) is 7.63. The highest BCUT2D eigenvalue weighted by molar-refractivity contribution is 9.10. The first-order chi connectivity index (χ1) is 7.27. The Morgan fingerprint density at radius 3 is 2.67 bits per heavy atom. The Labute approximate surface area is 105 Å². The lowest BCUT2D eigenvalue weighted by Gasteiger charge is -2.02. The minimum Gasteiger partial charge on any atom is -0.142 e. The van der Waals surface area contributed by atoms with Crippen LogP contribution in [0.15, 0.2) is 40.2 Å². The van der Waals surface area contributed by atoms with Crippen LogP contribution in [0.1, 0.15) is 0 Å². The van der Waals surface area contributed by atoms with Crippen molar-refractivity contribution in [2.75, 3.05) is 0 Å². The van der Waals surface area contributed by atoms with E-state index >= 15 is 0 Å². The van der Waals surface area contributed by atoms with Crippen LogP contribution >= 0.6 is 38.9 Å². The topological polar surface area (TPSA) is 0 Å². The Morgan fingerprint density at radius 2 is 1.87 bits per heavy atom. The molecule has 3 heteroatoms. The first-order valence-electron chi connectivity index (χ1n) is 4.51. The monoisotopic (exact) mass is 296 g/mol. The summed E-state index contributed by atoms with van der Waals surface area (Å²) in [5.41, 5.74) is 0. The average Bonchev–Trinajstić information content (AvgIpc) is 2.61. The summed E-state index contributed by atoms with van der Waals surface area (Å²) < 4.78 is 2.36. The summed E-state index contributed by atoms with van der Waals surface area (Å²) >= 11 is 11.5. The molecule has 0 saturated heterocycles. The van der Waals surface area contributed by atoms with E-state index in [0.717, 1.165) is 9.50 Å². The van der Waals surface area contributed by atoms with Crippen molar-refractivity contribution < 1.29 is 0 Å². The van der Waals surface area contributed by atoms with Crippen LogP contribution in [0, 0.1) is 0 Å². The molecule has 0 fully saturated rings. The molecule has 3 aromatic rings. The predicted octanol–water partition coefficient (Wildman–Crippen LogP) is 5.47. The standard InChI is InChI=1S/C12H6BrClS/c13-9-5-11-12(10(14)6-15-11)8-4-2-1-3-7(8)9/h1-6H. The smallest absolute Gasteiger partial charge is 0.0597 e. The van der Waals surface area contributed by atoms with Crippen molar-refractivity contribution in [2.45, 2.75) is 0 Å². The molecule has 0 spiro atoms. The highest BCUT2D eigenvalue weighted by Gasteiger charge is 2.08. The maximum Gasteiger partial charge on any atom is 0.0597 e. The van der Waals surface area contributed by atoms with Crippen LogP contribution in [-0.4, -0.2) is 0 Å². The van der Waals surface area contributed by atoms with Crippen molar-refractivity contribution in [3.63, 3.8) is 0 Å². The van der Waals surface area contributed by atoms with E-state index in [-0.39, 0.29) is 0 Å². The van der Waals surface area contributed by atoms with Crippen molar-refractivity contribution in [3.05, 3.63) is 45.2 Å². The maximum absolute atomic E-state index is 6.20.